The van der Waals surface area contributed by atoms with Crippen LogP contribution in [0.5, 0.6) is 0 Å². The summed E-state index contributed by atoms with van der Waals surface area (Å²) >= 11 is 0. The number of unbranched alkanes of at least 4 members (excludes halogenated alkanes) is 1. The van der Waals surface area contributed by atoms with Gasteiger partial charge in [-0.25, -0.2) is 4.39 Å². The summed E-state index contributed by atoms with van der Waals surface area (Å²) in [6.45, 7) is 4.83. The topological polar surface area (TPSA) is 47.3 Å². The second-order valence-electron chi connectivity index (χ2n) is 7.92. The summed E-state index contributed by atoms with van der Waals surface area (Å²) in [5, 5.41) is 9.23. The highest BCUT2D eigenvalue weighted by Crippen LogP contribution is 2.33. The molecule has 0 aromatic heterocycles. The highest BCUT2D eigenvalue weighted by molar-refractivity contribution is 5.79. The van der Waals surface area contributed by atoms with Gasteiger partial charge in [-0.2, -0.15) is 5.26 Å². The number of benzene rings is 1. The Morgan fingerprint density at radius 1 is 1.19 bits per heavy atom. The van der Waals surface area contributed by atoms with Crippen LogP contribution in [0.25, 0.3) is 0 Å². The quantitative estimate of drug-likeness (QED) is 0.773. The van der Waals surface area contributed by atoms with Gasteiger partial charge in [0.2, 0.25) is 5.91 Å². The molecule has 0 radical (unpaired) electrons. The number of nitrogens with zero attached hydrogens (tertiary/aromatic N) is 3. The molecule has 0 N–H and O–H groups in total. The van der Waals surface area contributed by atoms with Gasteiger partial charge in [-0.15, -0.1) is 0 Å². The van der Waals surface area contributed by atoms with Crippen LogP contribution in [0.2, 0.25) is 0 Å². The predicted molar refractivity (Wildman–Crippen MR) is 105 cm³/mol. The zero-order chi connectivity index (χ0) is 19.2. The molecule has 1 saturated carbocycles. The highest BCUT2D eigenvalue weighted by atomic mass is 19.1. The molecule has 3 rings (SSSR count). The predicted octanol–water partition coefficient (Wildman–Crippen LogP) is 4.34. The monoisotopic (exact) mass is 371 g/mol. The van der Waals surface area contributed by atoms with Crippen molar-refractivity contribution in [3.05, 3.63) is 29.6 Å². The maximum absolute atomic E-state index is 13.8. The molecular weight excluding hydrogens is 341 g/mol. The Kier molecular flexibility index (Phi) is 6.71. The number of carbonyl (C=O) groups is 1. The van der Waals surface area contributed by atoms with Gasteiger partial charge in [-0.05, 0) is 43.7 Å². The molecule has 1 heterocycles. The van der Waals surface area contributed by atoms with Crippen molar-refractivity contribution in [2.45, 2.75) is 51.9 Å². The summed E-state index contributed by atoms with van der Waals surface area (Å²) in [7, 11) is 0. The van der Waals surface area contributed by atoms with Gasteiger partial charge in [-0.1, -0.05) is 32.3 Å². The first kappa shape index (κ1) is 19.7. The number of hydrogen-bond donors (Lipinski definition) is 0. The van der Waals surface area contributed by atoms with E-state index in [2.05, 4.69) is 6.92 Å². The molecule has 1 aromatic carbocycles. The fourth-order valence-electron chi connectivity index (χ4n) is 4.50. The van der Waals surface area contributed by atoms with Crippen LogP contribution in [0.1, 0.15) is 57.4 Å². The number of amides is 1. The number of halogens is 1. The van der Waals surface area contributed by atoms with E-state index in [1.165, 1.54) is 38.2 Å². The number of carbonyl (C=O) groups excluding carboxylic acids is 1. The van der Waals surface area contributed by atoms with Crippen LogP contribution in [-0.2, 0) is 4.79 Å². The third kappa shape index (κ3) is 4.61. The molecule has 1 aromatic rings. The molecule has 1 aliphatic heterocycles. The highest BCUT2D eigenvalue weighted by Gasteiger charge is 2.31. The van der Waals surface area contributed by atoms with E-state index >= 15 is 0 Å². The van der Waals surface area contributed by atoms with Crippen LogP contribution in [-0.4, -0.2) is 37.0 Å². The minimum atomic E-state index is -0.478. The lowest BCUT2D eigenvalue weighted by atomic mass is 9.79. The van der Waals surface area contributed by atoms with E-state index < -0.39 is 5.82 Å². The van der Waals surface area contributed by atoms with E-state index in [1.807, 2.05) is 15.9 Å². The third-order valence-electron chi connectivity index (χ3n) is 6.20. The van der Waals surface area contributed by atoms with Crippen molar-refractivity contribution in [3.8, 4) is 6.07 Å². The summed E-state index contributed by atoms with van der Waals surface area (Å²) in [6.07, 6.45) is 8.28. The third-order valence-corrected chi connectivity index (χ3v) is 6.20. The van der Waals surface area contributed by atoms with Crippen molar-refractivity contribution in [3.63, 3.8) is 0 Å². The van der Waals surface area contributed by atoms with Gasteiger partial charge in [-0.3, -0.25) is 4.79 Å². The van der Waals surface area contributed by atoms with E-state index in [0.29, 0.717) is 37.8 Å². The van der Waals surface area contributed by atoms with Gasteiger partial charge in [0, 0.05) is 32.1 Å². The average Bonchev–Trinajstić information content (AvgIpc) is 2.72. The van der Waals surface area contributed by atoms with Crippen LogP contribution in [0, 0.1) is 29.0 Å². The van der Waals surface area contributed by atoms with Gasteiger partial charge in [0.25, 0.3) is 0 Å². The average molecular weight is 372 g/mol. The Labute approximate surface area is 161 Å². The molecule has 1 saturated heterocycles. The van der Waals surface area contributed by atoms with Crippen LogP contribution in [0.15, 0.2) is 18.2 Å². The van der Waals surface area contributed by atoms with Crippen LogP contribution >= 0.6 is 0 Å². The number of piperazine rings is 1. The molecule has 27 heavy (non-hydrogen) atoms. The largest absolute Gasteiger partial charge is 0.367 e. The number of rotatable bonds is 5. The first-order chi connectivity index (χ1) is 13.1. The van der Waals surface area contributed by atoms with E-state index in [1.54, 1.807) is 12.1 Å². The molecular formula is C22H30FN3O. The summed E-state index contributed by atoms with van der Waals surface area (Å²) in [5.41, 5.74) is 0.740. The minimum Gasteiger partial charge on any atom is -0.367 e. The van der Waals surface area contributed by atoms with Gasteiger partial charge >= 0.3 is 0 Å². The smallest absolute Gasteiger partial charge is 0.225 e. The fourth-order valence-corrected chi connectivity index (χ4v) is 4.50. The first-order valence-corrected chi connectivity index (χ1v) is 10.4. The van der Waals surface area contributed by atoms with Crippen molar-refractivity contribution in [2.75, 3.05) is 31.1 Å². The Morgan fingerprint density at radius 2 is 1.89 bits per heavy atom. The SMILES string of the molecule is CCCCC1CCC(C(=O)N2CCN(c3cccc(F)c3C#N)CC2)CC1. The minimum absolute atomic E-state index is 0.0997. The molecule has 2 aliphatic rings. The van der Waals surface area contributed by atoms with E-state index in [0.717, 1.165) is 18.8 Å². The van der Waals surface area contributed by atoms with Crippen LogP contribution in [0.4, 0.5) is 10.1 Å². The van der Waals surface area contributed by atoms with Crippen molar-refractivity contribution in [1.29, 1.82) is 5.26 Å². The van der Waals surface area contributed by atoms with E-state index in [-0.39, 0.29) is 11.5 Å². The maximum Gasteiger partial charge on any atom is 0.225 e. The molecule has 0 unspecified atom stereocenters. The number of hydrogen-bond acceptors (Lipinski definition) is 3. The first-order valence-electron chi connectivity index (χ1n) is 10.4. The Hall–Kier alpha value is -2.09. The lowest BCUT2D eigenvalue weighted by Gasteiger charge is -2.39. The Bertz CT molecular complexity index is 683. The molecule has 2 fully saturated rings. The summed E-state index contributed by atoms with van der Waals surface area (Å²) in [4.78, 5) is 16.9. The molecule has 5 heteroatoms. The second-order valence-corrected chi connectivity index (χ2v) is 7.92. The summed E-state index contributed by atoms with van der Waals surface area (Å²) in [5.74, 6) is 0.804. The van der Waals surface area contributed by atoms with Gasteiger partial charge in [0.1, 0.15) is 17.4 Å². The lowest BCUT2D eigenvalue weighted by Crippen LogP contribution is -2.51. The van der Waals surface area contributed by atoms with Crippen molar-refractivity contribution < 1.29 is 9.18 Å². The van der Waals surface area contributed by atoms with Crippen molar-refractivity contribution in [1.82, 2.24) is 4.90 Å². The molecule has 0 atom stereocenters. The zero-order valence-electron chi connectivity index (χ0n) is 16.3. The number of anilines is 1. The van der Waals surface area contributed by atoms with E-state index in [9.17, 15) is 14.4 Å². The fraction of sp³-hybridized carbons (Fsp3) is 0.636. The summed E-state index contributed by atoms with van der Waals surface area (Å²) < 4.78 is 13.8. The van der Waals surface area contributed by atoms with Crippen LogP contribution < -0.4 is 4.90 Å². The molecule has 146 valence electrons. The Balaban J connectivity index is 1.52. The summed E-state index contributed by atoms with van der Waals surface area (Å²) in [6, 6.07) is 6.71. The normalized spacial score (nSPS) is 23.1. The van der Waals surface area contributed by atoms with Crippen molar-refractivity contribution >= 4 is 11.6 Å². The zero-order valence-corrected chi connectivity index (χ0v) is 16.3. The second kappa shape index (κ2) is 9.21. The van der Waals surface area contributed by atoms with Crippen molar-refractivity contribution in [2.24, 2.45) is 11.8 Å². The van der Waals surface area contributed by atoms with Gasteiger partial charge in [0.05, 0.1) is 5.69 Å². The number of nitriles is 1. The van der Waals surface area contributed by atoms with Gasteiger partial charge in [0.15, 0.2) is 0 Å². The molecule has 1 aliphatic carbocycles. The van der Waals surface area contributed by atoms with E-state index in [4.69, 9.17) is 0 Å². The van der Waals surface area contributed by atoms with Crippen LogP contribution in [0.3, 0.4) is 0 Å². The lowest BCUT2D eigenvalue weighted by molar-refractivity contribution is -0.137. The Morgan fingerprint density at radius 3 is 2.52 bits per heavy atom. The molecule has 0 bridgehead atoms. The van der Waals surface area contributed by atoms with Gasteiger partial charge < -0.3 is 9.80 Å². The standard InChI is InChI=1S/C22H30FN3O/c1-2-3-5-17-8-10-18(11-9-17)22(27)26-14-12-25(13-15-26)21-7-4-6-20(23)19(21)16-24/h4,6-7,17-18H,2-3,5,8-15H2,1H3. The molecule has 1 amide bonds. The molecule has 0 spiro atoms. The maximum atomic E-state index is 13.8. The molecule has 4 nitrogen and oxygen atoms in total.